The van der Waals surface area contributed by atoms with Crippen LogP contribution < -0.4 is 0 Å². The van der Waals surface area contributed by atoms with E-state index in [1.807, 2.05) is 11.8 Å². The topological polar surface area (TPSA) is 17.1 Å². The van der Waals surface area contributed by atoms with Gasteiger partial charge in [0, 0.05) is 5.92 Å². The first-order valence-electron chi connectivity index (χ1n) is 3.57. The standard InChI is InChI=1S/C8H8OS2/c9-5-6-1-3-10-8-7(6)2-4-11-8/h2,4-6H,1,3H2. The third-order valence-corrected chi connectivity index (χ3v) is 4.19. The molecule has 0 saturated carbocycles. The van der Waals surface area contributed by atoms with Gasteiger partial charge >= 0.3 is 0 Å². The molecule has 0 fully saturated rings. The first kappa shape index (κ1) is 7.37. The smallest absolute Gasteiger partial charge is 0.127 e. The van der Waals surface area contributed by atoms with Crippen molar-refractivity contribution >= 4 is 29.4 Å². The molecule has 0 N–H and O–H groups in total. The third-order valence-electron chi connectivity index (χ3n) is 1.88. The highest BCUT2D eigenvalue weighted by Gasteiger charge is 2.20. The Kier molecular flexibility index (Phi) is 2.00. The number of hydrogen-bond acceptors (Lipinski definition) is 3. The van der Waals surface area contributed by atoms with Crippen molar-refractivity contribution in [2.75, 3.05) is 5.75 Å². The van der Waals surface area contributed by atoms with E-state index in [1.54, 1.807) is 11.3 Å². The molecule has 0 spiro atoms. The summed E-state index contributed by atoms with van der Waals surface area (Å²) in [5.41, 5.74) is 1.25. The van der Waals surface area contributed by atoms with Gasteiger partial charge in [-0.2, -0.15) is 0 Å². The minimum Gasteiger partial charge on any atom is -0.303 e. The van der Waals surface area contributed by atoms with Crippen LogP contribution >= 0.6 is 23.1 Å². The van der Waals surface area contributed by atoms with Crippen LogP contribution in [-0.4, -0.2) is 12.0 Å². The predicted molar refractivity (Wildman–Crippen MR) is 48.5 cm³/mol. The van der Waals surface area contributed by atoms with Crippen molar-refractivity contribution in [1.29, 1.82) is 0 Å². The third kappa shape index (κ3) is 1.23. The molecule has 3 heteroatoms. The van der Waals surface area contributed by atoms with Crippen molar-refractivity contribution in [3.8, 4) is 0 Å². The summed E-state index contributed by atoms with van der Waals surface area (Å²) in [5, 5.41) is 2.07. The van der Waals surface area contributed by atoms with Gasteiger partial charge in [0.25, 0.3) is 0 Å². The summed E-state index contributed by atoms with van der Waals surface area (Å²) in [7, 11) is 0. The molecule has 0 amide bonds. The zero-order valence-corrected chi connectivity index (χ0v) is 7.58. The molecule has 1 aliphatic heterocycles. The van der Waals surface area contributed by atoms with Crippen molar-refractivity contribution in [2.45, 2.75) is 16.5 Å². The molecular weight excluding hydrogens is 176 g/mol. The molecule has 11 heavy (non-hydrogen) atoms. The lowest BCUT2D eigenvalue weighted by Gasteiger charge is -2.15. The van der Waals surface area contributed by atoms with Crippen LogP contribution in [0.3, 0.4) is 0 Å². The Morgan fingerprint density at radius 3 is 3.36 bits per heavy atom. The van der Waals surface area contributed by atoms with Gasteiger partial charge in [0.1, 0.15) is 6.29 Å². The van der Waals surface area contributed by atoms with E-state index in [-0.39, 0.29) is 5.92 Å². The van der Waals surface area contributed by atoms with Gasteiger partial charge in [0.2, 0.25) is 0 Å². The molecule has 1 nitrogen and oxygen atoms in total. The largest absolute Gasteiger partial charge is 0.303 e. The van der Waals surface area contributed by atoms with Crippen LogP contribution in [0.2, 0.25) is 0 Å². The summed E-state index contributed by atoms with van der Waals surface area (Å²) >= 11 is 3.62. The average molecular weight is 184 g/mol. The van der Waals surface area contributed by atoms with Crippen LogP contribution in [-0.2, 0) is 4.79 Å². The Morgan fingerprint density at radius 1 is 1.64 bits per heavy atom. The molecule has 1 aromatic rings. The van der Waals surface area contributed by atoms with Gasteiger partial charge in [-0.1, -0.05) is 0 Å². The summed E-state index contributed by atoms with van der Waals surface area (Å²) in [6.07, 6.45) is 2.09. The molecular formula is C8H8OS2. The average Bonchev–Trinajstić information content (AvgIpc) is 2.50. The Labute approximate surface area is 73.8 Å². The number of fused-ring (bicyclic) bond motifs is 1. The highest BCUT2D eigenvalue weighted by molar-refractivity contribution is 8.01. The summed E-state index contributed by atoms with van der Waals surface area (Å²) in [6, 6.07) is 2.07. The fourth-order valence-corrected chi connectivity index (χ4v) is 3.60. The number of carbonyl (C=O) groups excluding carboxylic acids is 1. The Balaban J connectivity index is 2.39. The van der Waals surface area contributed by atoms with E-state index < -0.39 is 0 Å². The molecule has 1 aliphatic rings. The molecule has 0 aromatic carbocycles. The van der Waals surface area contributed by atoms with Crippen LogP contribution in [0.5, 0.6) is 0 Å². The molecule has 0 bridgehead atoms. The zero-order valence-electron chi connectivity index (χ0n) is 5.95. The number of aldehydes is 1. The first-order valence-corrected chi connectivity index (χ1v) is 5.44. The summed E-state index contributed by atoms with van der Waals surface area (Å²) in [4.78, 5) is 10.6. The summed E-state index contributed by atoms with van der Waals surface area (Å²) in [6.45, 7) is 0. The molecule has 0 aliphatic carbocycles. The van der Waals surface area contributed by atoms with E-state index >= 15 is 0 Å². The highest BCUT2D eigenvalue weighted by atomic mass is 32.2. The number of hydrogen-bond donors (Lipinski definition) is 0. The van der Waals surface area contributed by atoms with Crippen LogP contribution in [0.25, 0.3) is 0 Å². The number of thioether (sulfide) groups is 1. The number of rotatable bonds is 1. The van der Waals surface area contributed by atoms with Crippen molar-refractivity contribution < 1.29 is 4.79 Å². The molecule has 2 rings (SSSR count). The molecule has 2 heterocycles. The monoisotopic (exact) mass is 184 g/mol. The first-order chi connectivity index (χ1) is 5.42. The van der Waals surface area contributed by atoms with Gasteiger partial charge in [-0.25, -0.2) is 0 Å². The second-order valence-electron chi connectivity index (χ2n) is 2.54. The van der Waals surface area contributed by atoms with Gasteiger partial charge in [-0.15, -0.1) is 23.1 Å². The van der Waals surface area contributed by atoms with E-state index in [4.69, 9.17) is 0 Å². The van der Waals surface area contributed by atoms with Gasteiger partial charge in [0.15, 0.2) is 0 Å². The molecule has 0 radical (unpaired) electrons. The molecule has 1 aromatic heterocycles. The lowest BCUT2D eigenvalue weighted by molar-refractivity contribution is -0.109. The molecule has 1 atom stereocenters. The van der Waals surface area contributed by atoms with E-state index in [0.717, 1.165) is 18.5 Å². The molecule has 1 unspecified atom stereocenters. The molecule has 58 valence electrons. The zero-order chi connectivity index (χ0) is 7.68. The van der Waals surface area contributed by atoms with E-state index in [9.17, 15) is 4.79 Å². The van der Waals surface area contributed by atoms with Crippen LogP contribution in [0.4, 0.5) is 0 Å². The van der Waals surface area contributed by atoms with Crippen LogP contribution in [0, 0.1) is 0 Å². The number of thiophene rings is 1. The van der Waals surface area contributed by atoms with Crippen molar-refractivity contribution in [3.63, 3.8) is 0 Å². The summed E-state index contributed by atoms with van der Waals surface area (Å²) in [5.74, 6) is 1.27. The van der Waals surface area contributed by atoms with E-state index in [0.29, 0.717) is 0 Å². The van der Waals surface area contributed by atoms with Gasteiger partial charge in [0.05, 0.1) is 4.21 Å². The van der Waals surface area contributed by atoms with E-state index in [1.165, 1.54) is 9.77 Å². The Bertz CT molecular complexity index is 267. The van der Waals surface area contributed by atoms with Crippen LogP contribution in [0.1, 0.15) is 17.9 Å². The normalized spacial score (nSPS) is 22.7. The summed E-state index contributed by atoms with van der Waals surface area (Å²) < 4.78 is 1.34. The van der Waals surface area contributed by atoms with Gasteiger partial charge in [-0.05, 0) is 29.2 Å². The minimum absolute atomic E-state index is 0.178. The van der Waals surface area contributed by atoms with Crippen molar-refractivity contribution in [3.05, 3.63) is 17.0 Å². The maximum absolute atomic E-state index is 10.6. The van der Waals surface area contributed by atoms with Gasteiger partial charge < -0.3 is 4.79 Å². The number of carbonyl (C=O) groups is 1. The second-order valence-corrected chi connectivity index (χ2v) is 4.82. The maximum Gasteiger partial charge on any atom is 0.127 e. The quantitative estimate of drug-likeness (QED) is 0.624. The minimum atomic E-state index is 0.178. The Morgan fingerprint density at radius 2 is 2.55 bits per heavy atom. The fourth-order valence-electron chi connectivity index (χ4n) is 1.27. The maximum atomic E-state index is 10.6. The SMILES string of the molecule is O=CC1CCSc2sccc21. The molecule has 0 saturated heterocycles. The second kappa shape index (κ2) is 2.99. The predicted octanol–water partition coefficient (Wildman–Crippen LogP) is 2.53. The fraction of sp³-hybridized carbons (Fsp3) is 0.375. The lowest BCUT2D eigenvalue weighted by Crippen LogP contribution is -2.05. The van der Waals surface area contributed by atoms with Gasteiger partial charge in [-0.3, -0.25) is 0 Å². The van der Waals surface area contributed by atoms with E-state index in [2.05, 4.69) is 11.4 Å². The Hall–Kier alpha value is -0.280. The van der Waals surface area contributed by atoms with Crippen molar-refractivity contribution in [2.24, 2.45) is 0 Å². The highest BCUT2D eigenvalue weighted by Crippen LogP contribution is 2.39. The van der Waals surface area contributed by atoms with Crippen LogP contribution in [0.15, 0.2) is 15.7 Å². The lowest BCUT2D eigenvalue weighted by atomic mass is 10.0. The van der Waals surface area contributed by atoms with Crippen molar-refractivity contribution in [1.82, 2.24) is 0 Å².